The largest absolute Gasteiger partial charge is 0.462 e. The molecule has 0 unspecified atom stereocenters. The van der Waals surface area contributed by atoms with Gasteiger partial charge in [-0.15, -0.1) is 0 Å². The lowest BCUT2D eigenvalue weighted by Gasteiger charge is -2.04. The summed E-state index contributed by atoms with van der Waals surface area (Å²) in [6.07, 6.45) is 1.97. The standard InChI is InChI=1S/C9H15BrO3/c1-8(4-5-10)9(12)13-7-3-2-6-11/h11H,1-7H2. The van der Waals surface area contributed by atoms with Crippen LogP contribution in [-0.2, 0) is 9.53 Å². The third-order valence-electron chi connectivity index (χ3n) is 1.47. The minimum Gasteiger partial charge on any atom is -0.462 e. The number of aliphatic hydroxyl groups excluding tert-OH is 1. The summed E-state index contributed by atoms with van der Waals surface area (Å²) >= 11 is 3.21. The highest BCUT2D eigenvalue weighted by Gasteiger charge is 2.06. The third-order valence-corrected chi connectivity index (χ3v) is 1.87. The van der Waals surface area contributed by atoms with E-state index in [9.17, 15) is 4.79 Å². The topological polar surface area (TPSA) is 46.5 Å². The summed E-state index contributed by atoms with van der Waals surface area (Å²) < 4.78 is 4.89. The molecule has 3 nitrogen and oxygen atoms in total. The first-order valence-electron chi connectivity index (χ1n) is 4.24. The second-order valence-electron chi connectivity index (χ2n) is 2.61. The van der Waals surface area contributed by atoms with E-state index in [-0.39, 0.29) is 12.6 Å². The van der Waals surface area contributed by atoms with E-state index in [1.165, 1.54) is 0 Å². The van der Waals surface area contributed by atoms with Crippen LogP contribution in [0.25, 0.3) is 0 Å². The van der Waals surface area contributed by atoms with Crippen LogP contribution in [-0.4, -0.2) is 29.6 Å². The lowest BCUT2D eigenvalue weighted by molar-refractivity contribution is -0.139. The lowest BCUT2D eigenvalue weighted by Crippen LogP contribution is -2.08. The first-order valence-corrected chi connectivity index (χ1v) is 5.36. The highest BCUT2D eigenvalue weighted by Crippen LogP contribution is 2.04. The highest BCUT2D eigenvalue weighted by molar-refractivity contribution is 9.09. The van der Waals surface area contributed by atoms with E-state index >= 15 is 0 Å². The maximum absolute atomic E-state index is 11.1. The summed E-state index contributed by atoms with van der Waals surface area (Å²) in [4.78, 5) is 11.1. The molecule has 0 aromatic rings. The van der Waals surface area contributed by atoms with Crippen molar-refractivity contribution in [3.05, 3.63) is 12.2 Å². The van der Waals surface area contributed by atoms with Crippen molar-refractivity contribution < 1.29 is 14.6 Å². The zero-order valence-corrected chi connectivity index (χ0v) is 9.18. The van der Waals surface area contributed by atoms with Crippen molar-refractivity contribution in [2.24, 2.45) is 0 Å². The number of aliphatic hydroxyl groups is 1. The predicted octanol–water partition coefficient (Wildman–Crippen LogP) is 1.64. The molecule has 0 rings (SSSR count). The molecule has 0 aromatic carbocycles. The second kappa shape index (κ2) is 8.26. The van der Waals surface area contributed by atoms with Gasteiger partial charge in [-0.3, -0.25) is 0 Å². The summed E-state index contributed by atoms with van der Waals surface area (Å²) in [6.45, 7) is 4.09. The van der Waals surface area contributed by atoms with E-state index in [4.69, 9.17) is 9.84 Å². The van der Waals surface area contributed by atoms with Gasteiger partial charge in [-0.25, -0.2) is 4.79 Å². The van der Waals surface area contributed by atoms with Crippen molar-refractivity contribution in [2.75, 3.05) is 18.5 Å². The maximum atomic E-state index is 11.1. The summed E-state index contributed by atoms with van der Waals surface area (Å²) in [5.74, 6) is -0.336. The SMILES string of the molecule is C=C(CCBr)C(=O)OCCCCO. The molecule has 0 radical (unpaired) electrons. The van der Waals surface area contributed by atoms with Crippen LogP contribution in [0.5, 0.6) is 0 Å². The van der Waals surface area contributed by atoms with E-state index in [1.54, 1.807) is 0 Å². The minimum absolute atomic E-state index is 0.139. The van der Waals surface area contributed by atoms with Gasteiger partial charge < -0.3 is 9.84 Å². The Morgan fingerprint density at radius 2 is 2.15 bits per heavy atom. The summed E-state index contributed by atoms with van der Waals surface area (Å²) in [5, 5.41) is 9.18. The molecule has 0 atom stereocenters. The zero-order valence-electron chi connectivity index (χ0n) is 7.59. The fourth-order valence-corrected chi connectivity index (χ4v) is 1.18. The molecule has 0 heterocycles. The molecule has 13 heavy (non-hydrogen) atoms. The number of halogens is 1. The van der Waals surface area contributed by atoms with Gasteiger partial charge in [0.1, 0.15) is 0 Å². The van der Waals surface area contributed by atoms with Crippen LogP contribution < -0.4 is 0 Å². The number of carbonyl (C=O) groups is 1. The van der Waals surface area contributed by atoms with Crippen LogP contribution in [0.3, 0.4) is 0 Å². The van der Waals surface area contributed by atoms with E-state index in [2.05, 4.69) is 22.5 Å². The molecule has 1 N–H and O–H groups in total. The van der Waals surface area contributed by atoms with Crippen LogP contribution in [0.2, 0.25) is 0 Å². The Morgan fingerprint density at radius 1 is 1.46 bits per heavy atom. The van der Waals surface area contributed by atoms with E-state index in [1.807, 2.05) is 0 Å². The zero-order chi connectivity index (χ0) is 10.1. The molecule has 4 heteroatoms. The molecule has 0 saturated heterocycles. The fourth-order valence-electron chi connectivity index (χ4n) is 0.697. The Bertz CT molecular complexity index is 168. The molecular formula is C9H15BrO3. The van der Waals surface area contributed by atoms with Gasteiger partial charge in [-0.1, -0.05) is 22.5 Å². The number of esters is 1. The molecule has 0 spiro atoms. The van der Waals surface area contributed by atoms with Gasteiger partial charge >= 0.3 is 5.97 Å². The molecule has 0 aliphatic carbocycles. The van der Waals surface area contributed by atoms with Gasteiger partial charge in [-0.2, -0.15) is 0 Å². The number of ether oxygens (including phenoxy) is 1. The average molecular weight is 251 g/mol. The van der Waals surface area contributed by atoms with Crippen molar-refractivity contribution >= 4 is 21.9 Å². The van der Waals surface area contributed by atoms with Crippen molar-refractivity contribution in [1.29, 1.82) is 0 Å². The van der Waals surface area contributed by atoms with Crippen molar-refractivity contribution in [2.45, 2.75) is 19.3 Å². The summed E-state index contributed by atoms with van der Waals surface area (Å²) in [6, 6.07) is 0. The van der Waals surface area contributed by atoms with Gasteiger partial charge in [-0.05, 0) is 19.3 Å². The molecule has 0 saturated carbocycles. The number of alkyl halides is 1. The predicted molar refractivity (Wildman–Crippen MR) is 54.8 cm³/mol. The van der Waals surface area contributed by atoms with Gasteiger partial charge in [0.05, 0.1) is 6.61 Å². The quantitative estimate of drug-likeness (QED) is 0.324. The van der Waals surface area contributed by atoms with Gasteiger partial charge in [0.15, 0.2) is 0 Å². The highest BCUT2D eigenvalue weighted by atomic mass is 79.9. The van der Waals surface area contributed by atoms with Gasteiger partial charge in [0.25, 0.3) is 0 Å². The average Bonchev–Trinajstić information content (AvgIpc) is 2.12. The Hall–Kier alpha value is -0.350. The molecule has 76 valence electrons. The van der Waals surface area contributed by atoms with Crippen molar-refractivity contribution in [3.63, 3.8) is 0 Å². The Balaban J connectivity index is 3.44. The van der Waals surface area contributed by atoms with E-state index in [0.29, 0.717) is 31.4 Å². The number of rotatable bonds is 7. The van der Waals surface area contributed by atoms with Crippen LogP contribution in [0.4, 0.5) is 0 Å². The Morgan fingerprint density at radius 3 is 2.69 bits per heavy atom. The molecular weight excluding hydrogens is 236 g/mol. The molecule has 0 aliphatic rings. The van der Waals surface area contributed by atoms with E-state index in [0.717, 1.165) is 5.33 Å². The van der Waals surface area contributed by atoms with Crippen molar-refractivity contribution in [3.8, 4) is 0 Å². The maximum Gasteiger partial charge on any atom is 0.333 e. The Kier molecular flexibility index (Phi) is 8.04. The van der Waals surface area contributed by atoms with Crippen LogP contribution in [0.1, 0.15) is 19.3 Å². The third kappa shape index (κ3) is 6.78. The number of hydrogen-bond acceptors (Lipinski definition) is 3. The number of carbonyl (C=O) groups excluding carboxylic acids is 1. The monoisotopic (exact) mass is 250 g/mol. The molecule has 0 aromatic heterocycles. The molecule has 0 bridgehead atoms. The lowest BCUT2D eigenvalue weighted by atomic mass is 10.2. The number of unbranched alkanes of at least 4 members (excludes halogenated alkanes) is 1. The van der Waals surface area contributed by atoms with Crippen molar-refractivity contribution in [1.82, 2.24) is 0 Å². The van der Waals surface area contributed by atoms with Gasteiger partial charge in [0.2, 0.25) is 0 Å². The van der Waals surface area contributed by atoms with Crippen LogP contribution >= 0.6 is 15.9 Å². The molecule has 0 fully saturated rings. The first-order chi connectivity index (χ1) is 6.22. The summed E-state index contributed by atoms with van der Waals surface area (Å²) in [7, 11) is 0. The van der Waals surface area contributed by atoms with Crippen LogP contribution in [0.15, 0.2) is 12.2 Å². The minimum atomic E-state index is -0.336. The molecule has 0 aliphatic heterocycles. The van der Waals surface area contributed by atoms with E-state index < -0.39 is 0 Å². The smallest absolute Gasteiger partial charge is 0.333 e. The Labute approximate surface area is 86.9 Å². The normalized spacial score (nSPS) is 9.69. The molecule has 0 amide bonds. The second-order valence-corrected chi connectivity index (χ2v) is 3.40. The number of hydrogen-bond donors (Lipinski definition) is 1. The van der Waals surface area contributed by atoms with Crippen LogP contribution in [0, 0.1) is 0 Å². The summed E-state index contributed by atoms with van der Waals surface area (Å²) in [5.41, 5.74) is 0.487. The first kappa shape index (κ1) is 12.7. The van der Waals surface area contributed by atoms with Gasteiger partial charge in [0, 0.05) is 17.5 Å². The fraction of sp³-hybridized carbons (Fsp3) is 0.667.